The van der Waals surface area contributed by atoms with Crippen molar-refractivity contribution < 1.29 is 26.0 Å². The second-order valence-electron chi connectivity index (χ2n) is 8.91. The molecule has 194 valence electrons. The van der Waals surface area contributed by atoms with Crippen LogP contribution in [0, 0.1) is 5.82 Å². The van der Waals surface area contributed by atoms with Crippen molar-refractivity contribution in [2.24, 2.45) is 0 Å². The van der Waals surface area contributed by atoms with E-state index in [1.807, 2.05) is 11.6 Å². The number of hydrogen-bond acceptors (Lipinski definition) is 6. The Balaban J connectivity index is 1.57. The highest BCUT2D eigenvalue weighted by Crippen LogP contribution is 2.29. The highest BCUT2D eigenvalue weighted by atomic mass is 32.2. The number of aryl methyl sites for hydroxylation is 1. The molecule has 1 aromatic carbocycles. The van der Waals surface area contributed by atoms with Gasteiger partial charge >= 0.3 is 6.18 Å². The van der Waals surface area contributed by atoms with E-state index in [4.69, 9.17) is 0 Å². The van der Waals surface area contributed by atoms with Gasteiger partial charge in [0.15, 0.2) is 0 Å². The molecule has 0 bridgehead atoms. The van der Waals surface area contributed by atoms with Crippen LogP contribution < -0.4 is 10.0 Å². The summed E-state index contributed by atoms with van der Waals surface area (Å²) in [5.74, 6) is -1.57. The van der Waals surface area contributed by atoms with Crippen LogP contribution in [0.1, 0.15) is 51.0 Å². The van der Waals surface area contributed by atoms with Crippen molar-refractivity contribution in [2.45, 2.75) is 64.1 Å². The fraction of sp³-hybridized carbons (Fsp3) is 0.458. The number of rotatable bonds is 8. The fourth-order valence-corrected chi connectivity index (χ4v) is 5.33. The number of benzene rings is 1. The van der Waals surface area contributed by atoms with Gasteiger partial charge in [0.25, 0.3) is 0 Å². The molecule has 2 aromatic heterocycles. The minimum atomic E-state index is -4.63. The van der Waals surface area contributed by atoms with E-state index in [-0.39, 0.29) is 0 Å². The number of anilines is 2. The summed E-state index contributed by atoms with van der Waals surface area (Å²) in [6, 6.07) is 5.86. The van der Waals surface area contributed by atoms with Crippen molar-refractivity contribution in [3.8, 4) is 11.3 Å². The van der Waals surface area contributed by atoms with Crippen LogP contribution in [0.15, 0.2) is 30.5 Å². The number of halogens is 4. The lowest BCUT2D eigenvalue weighted by atomic mass is 9.96. The van der Waals surface area contributed by atoms with Crippen LogP contribution in [0.3, 0.4) is 0 Å². The van der Waals surface area contributed by atoms with Crippen LogP contribution in [-0.2, 0) is 16.4 Å². The third kappa shape index (κ3) is 6.59. The molecule has 0 radical (unpaired) electrons. The second kappa shape index (κ2) is 10.5. The number of hydrogen-bond donors (Lipinski definition) is 2. The van der Waals surface area contributed by atoms with Crippen molar-refractivity contribution in [2.75, 3.05) is 15.8 Å². The Morgan fingerprint density at radius 3 is 2.50 bits per heavy atom. The zero-order valence-electron chi connectivity index (χ0n) is 19.7. The number of pyridine rings is 1. The summed E-state index contributed by atoms with van der Waals surface area (Å²) in [6.45, 7) is 1.97. The van der Waals surface area contributed by atoms with Gasteiger partial charge in [-0.05, 0) is 43.0 Å². The van der Waals surface area contributed by atoms with Gasteiger partial charge in [-0.15, -0.1) is 0 Å². The minimum absolute atomic E-state index is 0.348. The summed E-state index contributed by atoms with van der Waals surface area (Å²) in [5.41, 5.74) is 2.52. The standard InChI is InChI=1S/C24H27F4N5O2S/c1-2-15-13-20(31-21-14-29-23(32-22(15)21)30-17-6-4-3-5-7-17)16-8-9-19(18(25)12-16)33-36(34,35)11-10-24(26,27)28/h8-9,12-14,17,33H,2-7,10-11H2,1H3,(H,29,30,32). The fourth-order valence-electron chi connectivity index (χ4n) is 4.23. The van der Waals surface area contributed by atoms with Gasteiger partial charge in [-0.2, -0.15) is 13.2 Å². The van der Waals surface area contributed by atoms with Gasteiger partial charge < -0.3 is 5.32 Å². The molecule has 12 heteroatoms. The van der Waals surface area contributed by atoms with Crippen LogP contribution in [0.4, 0.5) is 29.2 Å². The molecule has 1 aliphatic rings. The predicted molar refractivity (Wildman–Crippen MR) is 131 cm³/mol. The number of alkyl halides is 3. The van der Waals surface area contributed by atoms with E-state index < -0.39 is 39.9 Å². The van der Waals surface area contributed by atoms with E-state index in [2.05, 4.69) is 20.3 Å². The number of nitrogens with one attached hydrogen (secondary N) is 2. The van der Waals surface area contributed by atoms with Crippen molar-refractivity contribution >= 4 is 32.7 Å². The number of fused-ring (bicyclic) bond motifs is 1. The van der Waals surface area contributed by atoms with Crippen molar-refractivity contribution in [3.63, 3.8) is 0 Å². The van der Waals surface area contributed by atoms with Gasteiger partial charge in [0.05, 0.1) is 35.3 Å². The molecule has 1 aliphatic carbocycles. The Hall–Kier alpha value is -3.02. The molecular weight excluding hydrogens is 498 g/mol. The first kappa shape index (κ1) is 26.1. The lowest BCUT2D eigenvalue weighted by molar-refractivity contribution is -0.129. The van der Waals surface area contributed by atoms with Gasteiger partial charge in [0.1, 0.15) is 11.3 Å². The van der Waals surface area contributed by atoms with Gasteiger partial charge in [0, 0.05) is 11.6 Å². The number of nitrogens with zero attached hydrogens (tertiary/aromatic N) is 3. The molecule has 0 spiro atoms. The largest absolute Gasteiger partial charge is 0.390 e. The molecule has 0 unspecified atom stereocenters. The average molecular weight is 526 g/mol. The molecule has 1 saturated carbocycles. The molecule has 2 N–H and O–H groups in total. The SMILES string of the molecule is CCc1cc(-c2ccc(NS(=O)(=O)CCC(F)(F)F)c(F)c2)nc2cnc(NC3CCCCC3)nc12. The molecule has 2 heterocycles. The minimum Gasteiger partial charge on any atom is -0.351 e. The number of sulfonamides is 1. The first-order valence-electron chi connectivity index (χ1n) is 11.8. The third-order valence-electron chi connectivity index (χ3n) is 6.13. The van der Waals surface area contributed by atoms with E-state index >= 15 is 0 Å². The normalized spacial score (nSPS) is 15.2. The van der Waals surface area contributed by atoms with Crippen LogP contribution in [0.5, 0.6) is 0 Å². The lowest BCUT2D eigenvalue weighted by Crippen LogP contribution is -2.23. The molecule has 4 rings (SSSR count). The second-order valence-corrected chi connectivity index (χ2v) is 10.7. The topological polar surface area (TPSA) is 96.9 Å². The van der Waals surface area contributed by atoms with Gasteiger partial charge in [-0.25, -0.2) is 27.8 Å². The zero-order chi connectivity index (χ0) is 25.9. The first-order chi connectivity index (χ1) is 17.0. The molecule has 36 heavy (non-hydrogen) atoms. The molecule has 0 amide bonds. The van der Waals surface area contributed by atoms with Gasteiger partial charge in [-0.1, -0.05) is 32.3 Å². The van der Waals surface area contributed by atoms with Crippen LogP contribution in [0.2, 0.25) is 0 Å². The molecule has 1 fully saturated rings. The molecule has 0 saturated heterocycles. The highest BCUT2D eigenvalue weighted by Gasteiger charge is 2.30. The van der Waals surface area contributed by atoms with E-state index in [0.29, 0.717) is 40.7 Å². The molecular formula is C24H27F4N5O2S. The van der Waals surface area contributed by atoms with Crippen molar-refractivity contribution in [1.29, 1.82) is 0 Å². The Bertz CT molecular complexity index is 1340. The maximum atomic E-state index is 14.7. The summed E-state index contributed by atoms with van der Waals surface area (Å²) >= 11 is 0. The van der Waals surface area contributed by atoms with E-state index in [1.54, 1.807) is 12.3 Å². The summed E-state index contributed by atoms with van der Waals surface area (Å²) in [7, 11) is -4.37. The summed E-state index contributed by atoms with van der Waals surface area (Å²) in [6.07, 6.45) is 1.88. The van der Waals surface area contributed by atoms with E-state index in [9.17, 15) is 26.0 Å². The van der Waals surface area contributed by atoms with E-state index in [1.165, 1.54) is 31.4 Å². The number of aromatic nitrogens is 3. The molecule has 0 aliphatic heterocycles. The predicted octanol–water partition coefficient (Wildman–Crippen LogP) is 5.83. The Morgan fingerprint density at radius 2 is 1.83 bits per heavy atom. The maximum absolute atomic E-state index is 14.7. The zero-order valence-corrected chi connectivity index (χ0v) is 20.5. The third-order valence-corrected chi connectivity index (χ3v) is 7.40. The molecule has 7 nitrogen and oxygen atoms in total. The Kier molecular flexibility index (Phi) is 7.62. The van der Waals surface area contributed by atoms with Crippen LogP contribution in [0.25, 0.3) is 22.3 Å². The van der Waals surface area contributed by atoms with Crippen LogP contribution >= 0.6 is 0 Å². The van der Waals surface area contributed by atoms with Crippen molar-refractivity contribution in [3.05, 3.63) is 41.8 Å². The smallest absolute Gasteiger partial charge is 0.351 e. The first-order valence-corrected chi connectivity index (χ1v) is 13.5. The average Bonchev–Trinajstić information content (AvgIpc) is 2.83. The summed E-state index contributed by atoms with van der Waals surface area (Å²) < 4.78 is 77.5. The Morgan fingerprint density at radius 1 is 1.08 bits per heavy atom. The van der Waals surface area contributed by atoms with E-state index in [0.717, 1.165) is 24.5 Å². The monoisotopic (exact) mass is 525 g/mol. The quantitative estimate of drug-likeness (QED) is 0.359. The Labute approximate surface area is 206 Å². The molecule has 0 atom stereocenters. The maximum Gasteiger partial charge on any atom is 0.390 e. The van der Waals surface area contributed by atoms with Crippen molar-refractivity contribution in [1.82, 2.24) is 15.0 Å². The summed E-state index contributed by atoms with van der Waals surface area (Å²) in [5, 5.41) is 3.40. The highest BCUT2D eigenvalue weighted by molar-refractivity contribution is 7.92. The molecule has 3 aromatic rings. The van der Waals surface area contributed by atoms with Gasteiger partial charge in [-0.3, -0.25) is 4.72 Å². The van der Waals surface area contributed by atoms with Crippen LogP contribution in [-0.4, -0.2) is 41.3 Å². The lowest BCUT2D eigenvalue weighted by Gasteiger charge is -2.22. The van der Waals surface area contributed by atoms with Gasteiger partial charge in [0.2, 0.25) is 16.0 Å². The summed E-state index contributed by atoms with van der Waals surface area (Å²) in [4.78, 5) is 13.6.